The summed E-state index contributed by atoms with van der Waals surface area (Å²) in [5.74, 6) is -0.552. The van der Waals surface area contributed by atoms with Gasteiger partial charge in [-0.2, -0.15) is 5.06 Å². The topological polar surface area (TPSA) is 41.9 Å². The fourth-order valence-corrected chi connectivity index (χ4v) is 3.34. The summed E-state index contributed by atoms with van der Waals surface area (Å²) in [6, 6.07) is 0. The van der Waals surface area contributed by atoms with E-state index in [0.29, 0.717) is 6.42 Å². The van der Waals surface area contributed by atoms with Gasteiger partial charge in [0.15, 0.2) is 5.79 Å². The Balaban J connectivity index is 3.29. The predicted octanol–water partition coefficient (Wildman–Crippen LogP) is 3.04. The van der Waals surface area contributed by atoms with Gasteiger partial charge in [-0.05, 0) is 26.7 Å². The minimum atomic E-state index is -0.630. The lowest BCUT2D eigenvalue weighted by Gasteiger charge is -2.60. The Bertz CT molecular complexity index is 285. The van der Waals surface area contributed by atoms with E-state index in [1.807, 2.05) is 0 Å². The lowest BCUT2D eigenvalue weighted by molar-refractivity contribution is -0.364. The van der Waals surface area contributed by atoms with E-state index in [2.05, 4.69) is 34.6 Å². The zero-order valence-corrected chi connectivity index (χ0v) is 12.9. The molecule has 0 radical (unpaired) electrons. The van der Waals surface area contributed by atoms with Gasteiger partial charge in [0, 0.05) is 32.1 Å². The Labute approximate surface area is 111 Å². The number of methoxy groups -OCH3 is 2. The van der Waals surface area contributed by atoms with Crippen molar-refractivity contribution in [3.63, 3.8) is 0 Å². The molecule has 1 heterocycles. The Kier molecular flexibility index (Phi) is 4.49. The van der Waals surface area contributed by atoms with Gasteiger partial charge in [-0.15, -0.1) is 0 Å². The zero-order chi connectivity index (χ0) is 14.2. The van der Waals surface area contributed by atoms with E-state index in [0.717, 1.165) is 12.8 Å². The zero-order valence-electron chi connectivity index (χ0n) is 12.9. The second kappa shape index (κ2) is 5.08. The van der Waals surface area contributed by atoms with E-state index in [4.69, 9.17) is 9.47 Å². The first kappa shape index (κ1) is 15.9. The average Bonchev–Trinajstić information content (AvgIpc) is 2.41. The van der Waals surface area contributed by atoms with Crippen LogP contribution in [0.1, 0.15) is 53.9 Å². The normalized spacial score (nSPS) is 41.0. The van der Waals surface area contributed by atoms with Crippen LogP contribution in [-0.4, -0.2) is 41.4 Å². The van der Waals surface area contributed by atoms with Gasteiger partial charge < -0.3 is 14.7 Å². The molecule has 0 aliphatic carbocycles. The van der Waals surface area contributed by atoms with Crippen LogP contribution >= 0.6 is 0 Å². The van der Waals surface area contributed by atoms with E-state index in [1.54, 1.807) is 19.3 Å². The molecule has 4 nitrogen and oxygen atoms in total. The molecule has 0 bridgehead atoms. The molecule has 1 aliphatic rings. The summed E-state index contributed by atoms with van der Waals surface area (Å²) >= 11 is 0. The molecule has 0 aromatic carbocycles. The van der Waals surface area contributed by atoms with Gasteiger partial charge in [0.25, 0.3) is 0 Å². The molecular formula is C14H29NO3. The van der Waals surface area contributed by atoms with Crippen molar-refractivity contribution in [1.82, 2.24) is 5.06 Å². The highest BCUT2D eigenvalue weighted by Gasteiger charge is 2.60. The molecule has 3 unspecified atom stereocenters. The molecule has 1 aliphatic heterocycles. The van der Waals surface area contributed by atoms with E-state index in [9.17, 15) is 5.21 Å². The monoisotopic (exact) mass is 259 g/mol. The van der Waals surface area contributed by atoms with Gasteiger partial charge in [-0.3, -0.25) is 0 Å². The number of nitrogens with zero attached hydrogens (tertiary/aromatic N) is 1. The average molecular weight is 259 g/mol. The van der Waals surface area contributed by atoms with Gasteiger partial charge in [0.2, 0.25) is 0 Å². The van der Waals surface area contributed by atoms with Crippen molar-refractivity contribution in [3.05, 3.63) is 0 Å². The summed E-state index contributed by atoms with van der Waals surface area (Å²) in [4.78, 5) is 0. The molecule has 0 aromatic rings. The number of hydroxylamine groups is 2. The third-order valence-corrected chi connectivity index (χ3v) is 5.38. The maximum atomic E-state index is 10.7. The van der Waals surface area contributed by atoms with Crippen molar-refractivity contribution in [2.75, 3.05) is 14.2 Å². The van der Waals surface area contributed by atoms with Crippen LogP contribution in [0.4, 0.5) is 0 Å². The molecule has 0 aromatic heterocycles. The van der Waals surface area contributed by atoms with Crippen molar-refractivity contribution in [1.29, 1.82) is 0 Å². The maximum Gasteiger partial charge on any atom is 0.173 e. The molecule has 0 spiro atoms. The van der Waals surface area contributed by atoms with Gasteiger partial charge in [0.1, 0.15) is 0 Å². The summed E-state index contributed by atoms with van der Waals surface area (Å²) in [6.07, 6.45) is 2.35. The quantitative estimate of drug-likeness (QED) is 0.788. The van der Waals surface area contributed by atoms with Crippen LogP contribution in [0.5, 0.6) is 0 Å². The van der Waals surface area contributed by atoms with E-state index >= 15 is 0 Å². The highest BCUT2D eigenvalue weighted by molar-refractivity contribution is 5.07. The number of rotatable bonds is 4. The molecule has 1 saturated heterocycles. The van der Waals surface area contributed by atoms with Crippen LogP contribution < -0.4 is 0 Å². The first-order valence-electron chi connectivity index (χ1n) is 6.86. The number of hydrogen-bond donors (Lipinski definition) is 1. The third-order valence-electron chi connectivity index (χ3n) is 5.38. The molecular weight excluding hydrogens is 230 g/mol. The molecule has 0 saturated carbocycles. The first-order chi connectivity index (χ1) is 8.26. The molecule has 0 amide bonds. The second-order valence-electron chi connectivity index (χ2n) is 5.99. The van der Waals surface area contributed by atoms with Crippen molar-refractivity contribution < 1.29 is 14.7 Å². The summed E-state index contributed by atoms with van der Waals surface area (Å²) < 4.78 is 11.4. The maximum absolute atomic E-state index is 10.7. The SMILES string of the molecule is CCC1(C)CC(OC)(OC)C(C)C(C)(CC)N1O. The summed E-state index contributed by atoms with van der Waals surface area (Å²) in [5.41, 5.74) is -0.682. The largest absolute Gasteiger partial charge is 0.353 e. The fourth-order valence-electron chi connectivity index (χ4n) is 3.34. The Morgan fingerprint density at radius 2 is 1.67 bits per heavy atom. The summed E-state index contributed by atoms with van der Waals surface area (Å²) in [6.45, 7) is 10.4. The smallest absolute Gasteiger partial charge is 0.173 e. The molecule has 1 rings (SSSR count). The van der Waals surface area contributed by atoms with Crippen LogP contribution in [0.25, 0.3) is 0 Å². The summed E-state index contributed by atoms with van der Waals surface area (Å²) in [7, 11) is 3.39. The van der Waals surface area contributed by atoms with Crippen molar-refractivity contribution in [2.24, 2.45) is 5.92 Å². The standard InChI is InChI=1S/C14H29NO3/c1-8-12(4)10-14(17-6,18-7)11(3)13(5,9-2)15(12)16/h11,16H,8-10H2,1-7H3. The van der Waals surface area contributed by atoms with Crippen molar-refractivity contribution in [3.8, 4) is 0 Å². The van der Waals surface area contributed by atoms with Crippen molar-refractivity contribution >= 4 is 0 Å². The van der Waals surface area contributed by atoms with Crippen LogP contribution in [-0.2, 0) is 9.47 Å². The predicted molar refractivity (Wildman–Crippen MR) is 71.5 cm³/mol. The van der Waals surface area contributed by atoms with Gasteiger partial charge in [-0.1, -0.05) is 20.8 Å². The Hall–Kier alpha value is -0.160. The molecule has 3 atom stereocenters. The Morgan fingerprint density at radius 1 is 1.17 bits per heavy atom. The molecule has 18 heavy (non-hydrogen) atoms. The van der Waals surface area contributed by atoms with Gasteiger partial charge in [0.05, 0.1) is 5.54 Å². The second-order valence-corrected chi connectivity index (χ2v) is 5.99. The van der Waals surface area contributed by atoms with Gasteiger partial charge >= 0.3 is 0 Å². The first-order valence-corrected chi connectivity index (χ1v) is 6.86. The molecule has 108 valence electrons. The molecule has 1 N–H and O–H groups in total. The minimum absolute atomic E-state index is 0.0784. The third kappa shape index (κ3) is 1.99. The van der Waals surface area contributed by atoms with Gasteiger partial charge in [-0.25, -0.2) is 0 Å². The molecule has 1 fully saturated rings. The van der Waals surface area contributed by atoms with E-state index in [1.165, 1.54) is 0 Å². The number of piperidine rings is 1. The van der Waals surface area contributed by atoms with Crippen LogP contribution in [0, 0.1) is 5.92 Å². The lowest BCUT2D eigenvalue weighted by atomic mass is 9.67. The van der Waals surface area contributed by atoms with Crippen LogP contribution in [0.2, 0.25) is 0 Å². The fraction of sp³-hybridized carbons (Fsp3) is 1.00. The highest BCUT2D eigenvalue weighted by atomic mass is 16.7. The summed E-state index contributed by atoms with van der Waals surface area (Å²) in [5, 5.41) is 12.2. The molecule has 4 heteroatoms. The van der Waals surface area contributed by atoms with E-state index < -0.39 is 5.79 Å². The Morgan fingerprint density at radius 3 is 2.00 bits per heavy atom. The van der Waals surface area contributed by atoms with Crippen molar-refractivity contribution in [2.45, 2.75) is 70.7 Å². The lowest BCUT2D eigenvalue weighted by Crippen LogP contribution is -2.71. The van der Waals surface area contributed by atoms with Crippen LogP contribution in [0.3, 0.4) is 0 Å². The number of ether oxygens (including phenoxy) is 2. The number of hydrogen-bond acceptors (Lipinski definition) is 4. The highest BCUT2D eigenvalue weighted by Crippen LogP contribution is 2.50. The van der Waals surface area contributed by atoms with Crippen LogP contribution in [0.15, 0.2) is 0 Å². The minimum Gasteiger partial charge on any atom is -0.353 e. The van der Waals surface area contributed by atoms with E-state index in [-0.39, 0.29) is 17.0 Å².